The maximum absolute atomic E-state index is 13.5. The number of aliphatic hydroxyl groups excluding tert-OH is 1. The molecule has 1 aromatic carbocycles. The number of carbonyl (C=O) groups excluding carboxylic acids is 1. The number of benzene rings is 1. The summed E-state index contributed by atoms with van der Waals surface area (Å²) in [5, 5.41) is 26.5. The van der Waals surface area contributed by atoms with Gasteiger partial charge in [-0.3, -0.25) is 4.79 Å². The molecule has 5 fully saturated rings. The first-order chi connectivity index (χ1) is 18.6. The van der Waals surface area contributed by atoms with E-state index < -0.39 is 11.7 Å². The summed E-state index contributed by atoms with van der Waals surface area (Å²) in [5.74, 6) is 4.01. The molecule has 7 rings (SSSR count). The first-order valence-corrected chi connectivity index (χ1v) is 17.6. The molecule has 6 aliphatic rings. The Bertz CT molecular complexity index is 1160. The lowest BCUT2D eigenvalue weighted by Crippen LogP contribution is -2.58. The highest BCUT2D eigenvalue weighted by Crippen LogP contribution is 2.86. The van der Waals surface area contributed by atoms with Crippen LogP contribution in [0.2, 0.25) is 0 Å². The van der Waals surface area contributed by atoms with Gasteiger partial charge in [-0.05, 0) is 97.6 Å². The number of ether oxygens (including phenoxy) is 1. The smallest absolute Gasteiger partial charge is 0.141 e. The number of hydrogen-bond acceptors (Lipinski definition) is 7. The van der Waals surface area contributed by atoms with Crippen molar-refractivity contribution in [3.05, 3.63) is 29.8 Å². The number of aliphatic hydroxyl groups is 2. The molecule has 1 aliphatic heterocycles. The van der Waals surface area contributed by atoms with Crippen molar-refractivity contribution in [3.8, 4) is 0 Å². The number of hydrogen-bond donors (Lipinski definition) is 3. The molecule has 3 N–H and O–H groups in total. The van der Waals surface area contributed by atoms with E-state index in [9.17, 15) is 15.0 Å². The first-order valence-electron chi connectivity index (χ1n) is 15.1. The second-order valence-electron chi connectivity index (χ2n) is 14.4. The lowest BCUT2D eigenvalue weighted by atomic mass is 9.48. The highest BCUT2D eigenvalue weighted by atomic mass is 33.1. The normalized spacial score (nSPS) is 51.1. The third-order valence-corrected chi connectivity index (χ3v) is 15.8. The van der Waals surface area contributed by atoms with Crippen LogP contribution in [-0.4, -0.2) is 58.5 Å². The molecule has 7 heteroatoms. The van der Waals surface area contributed by atoms with Crippen LogP contribution in [-0.2, 0) is 16.0 Å². The highest BCUT2D eigenvalue weighted by Gasteiger charge is 2.87. The van der Waals surface area contributed by atoms with Gasteiger partial charge in [0.15, 0.2) is 0 Å². The lowest BCUT2D eigenvalue weighted by Gasteiger charge is -2.57. The molecule has 1 aromatic rings. The van der Waals surface area contributed by atoms with E-state index >= 15 is 0 Å². The quantitative estimate of drug-likeness (QED) is 0.400. The molecule has 5 aliphatic carbocycles. The standard InChI is InChI=1S/C32H45NO4S2/c1-18(34)24-17-39-38-16-22-15-31(14-21(22)10-19-6-5-7-23(11-19)33-24)9-8-20-13-29(2)30(31,3)27(20)28-25(35)12-26(37-4)32(28,29)36/h5-7,11,18,20-22,24,26-28,33-34,36H,8-10,12-17H2,1-4H3. The van der Waals surface area contributed by atoms with Crippen LogP contribution in [0, 0.1) is 45.8 Å². The lowest BCUT2D eigenvalue weighted by molar-refractivity contribution is -0.186. The molecule has 0 saturated heterocycles. The van der Waals surface area contributed by atoms with Gasteiger partial charge in [-0.15, -0.1) is 0 Å². The van der Waals surface area contributed by atoms with Crippen molar-refractivity contribution in [2.45, 2.75) is 89.6 Å². The largest absolute Gasteiger partial charge is 0.391 e. The number of fused-ring (bicyclic) bond motifs is 5. The first kappa shape index (κ1) is 27.1. The van der Waals surface area contributed by atoms with E-state index in [-0.39, 0.29) is 46.0 Å². The molecular weight excluding hydrogens is 526 g/mol. The Balaban J connectivity index is 1.25. The van der Waals surface area contributed by atoms with E-state index in [1.807, 2.05) is 28.5 Å². The van der Waals surface area contributed by atoms with Crippen molar-refractivity contribution in [2.24, 2.45) is 45.8 Å². The highest BCUT2D eigenvalue weighted by molar-refractivity contribution is 8.76. The van der Waals surface area contributed by atoms with E-state index in [0.717, 1.165) is 30.0 Å². The summed E-state index contributed by atoms with van der Waals surface area (Å²) in [6, 6.07) is 8.87. The van der Waals surface area contributed by atoms with Crippen molar-refractivity contribution in [1.29, 1.82) is 0 Å². The number of rotatable bonds is 2. The summed E-state index contributed by atoms with van der Waals surface area (Å²) in [6.45, 7) is 6.73. The molecule has 6 bridgehead atoms. The second kappa shape index (κ2) is 9.13. The second-order valence-corrected chi connectivity index (χ2v) is 17.0. The number of methoxy groups -OCH3 is 1. The summed E-state index contributed by atoms with van der Waals surface area (Å²) in [6.07, 6.45) is 6.51. The van der Waals surface area contributed by atoms with Crippen molar-refractivity contribution >= 4 is 33.1 Å². The van der Waals surface area contributed by atoms with Crippen LogP contribution >= 0.6 is 21.6 Å². The third-order valence-electron chi connectivity index (χ3n) is 13.3. The van der Waals surface area contributed by atoms with Gasteiger partial charge in [0.1, 0.15) is 11.4 Å². The van der Waals surface area contributed by atoms with Crippen LogP contribution in [0.4, 0.5) is 5.69 Å². The zero-order valence-electron chi connectivity index (χ0n) is 23.8. The molecule has 0 radical (unpaired) electrons. The average Bonchev–Trinajstić information content (AvgIpc) is 3.48. The van der Waals surface area contributed by atoms with E-state index in [4.69, 9.17) is 4.74 Å². The van der Waals surface area contributed by atoms with E-state index in [1.165, 1.54) is 31.2 Å². The van der Waals surface area contributed by atoms with Crippen LogP contribution in [0.1, 0.15) is 64.9 Å². The van der Waals surface area contributed by atoms with Crippen LogP contribution in [0.5, 0.6) is 0 Å². The van der Waals surface area contributed by atoms with Gasteiger partial charge >= 0.3 is 0 Å². The van der Waals surface area contributed by atoms with E-state index in [1.54, 1.807) is 7.11 Å². The van der Waals surface area contributed by atoms with Gasteiger partial charge in [0, 0.05) is 36.1 Å². The van der Waals surface area contributed by atoms with Crippen molar-refractivity contribution < 1.29 is 19.7 Å². The van der Waals surface area contributed by atoms with Crippen molar-refractivity contribution in [1.82, 2.24) is 0 Å². The molecule has 12 atom stereocenters. The summed E-state index contributed by atoms with van der Waals surface area (Å²) in [4.78, 5) is 13.5. The summed E-state index contributed by atoms with van der Waals surface area (Å²) < 4.78 is 5.89. The Morgan fingerprint density at radius 3 is 2.62 bits per heavy atom. The average molecular weight is 572 g/mol. The Morgan fingerprint density at radius 1 is 1.08 bits per heavy atom. The number of ketones is 1. The zero-order chi connectivity index (χ0) is 27.4. The van der Waals surface area contributed by atoms with Gasteiger partial charge in [0.25, 0.3) is 0 Å². The molecule has 39 heavy (non-hydrogen) atoms. The molecule has 12 unspecified atom stereocenters. The molecule has 214 valence electrons. The zero-order valence-corrected chi connectivity index (χ0v) is 25.5. The van der Waals surface area contributed by atoms with E-state index in [0.29, 0.717) is 24.2 Å². The molecule has 0 amide bonds. The third kappa shape index (κ3) is 3.43. The minimum absolute atomic E-state index is 0.0255. The Kier molecular flexibility index (Phi) is 6.35. The SMILES string of the molecule is COC1CC(=O)C2C3C4CCC5(CC6CSSCC(C(C)O)Nc7cccc(c7)CC6C5)C3(C)C(C)(C4)C12O. The number of carbonyl (C=O) groups is 1. The molecule has 0 aromatic heterocycles. The van der Waals surface area contributed by atoms with Gasteiger partial charge in [-0.1, -0.05) is 47.6 Å². The van der Waals surface area contributed by atoms with Crippen molar-refractivity contribution in [2.75, 3.05) is 23.9 Å². The minimum Gasteiger partial charge on any atom is -0.391 e. The fourth-order valence-corrected chi connectivity index (χ4v) is 14.3. The van der Waals surface area contributed by atoms with E-state index in [2.05, 4.69) is 43.4 Å². The Hall–Kier alpha value is -0.730. The molecular formula is C32H45NO4S2. The van der Waals surface area contributed by atoms with Crippen LogP contribution in [0.3, 0.4) is 0 Å². The molecule has 1 spiro atoms. The van der Waals surface area contributed by atoms with Gasteiger partial charge in [-0.25, -0.2) is 0 Å². The van der Waals surface area contributed by atoms with Gasteiger partial charge in [0.05, 0.1) is 24.2 Å². The van der Waals surface area contributed by atoms with Gasteiger partial charge in [-0.2, -0.15) is 0 Å². The maximum Gasteiger partial charge on any atom is 0.141 e. The molecule has 5 nitrogen and oxygen atoms in total. The van der Waals surface area contributed by atoms with Crippen LogP contribution in [0.25, 0.3) is 0 Å². The van der Waals surface area contributed by atoms with Crippen molar-refractivity contribution in [3.63, 3.8) is 0 Å². The fraction of sp³-hybridized carbons (Fsp3) is 0.781. The number of nitrogens with one attached hydrogen (secondary N) is 1. The summed E-state index contributed by atoms with van der Waals surface area (Å²) >= 11 is 0. The molecule has 1 heterocycles. The van der Waals surface area contributed by atoms with Crippen LogP contribution in [0.15, 0.2) is 24.3 Å². The molecule has 5 saturated carbocycles. The monoisotopic (exact) mass is 571 g/mol. The maximum atomic E-state index is 13.5. The number of Topliss-reactive ketones (excluding diaryl/α,β-unsaturated/α-hetero) is 1. The van der Waals surface area contributed by atoms with Gasteiger partial charge in [0.2, 0.25) is 0 Å². The Labute approximate surface area is 241 Å². The van der Waals surface area contributed by atoms with Gasteiger partial charge < -0.3 is 20.3 Å². The predicted molar refractivity (Wildman–Crippen MR) is 159 cm³/mol. The van der Waals surface area contributed by atoms with Crippen LogP contribution < -0.4 is 5.32 Å². The number of anilines is 1. The fourth-order valence-electron chi connectivity index (χ4n) is 11.5. The summed E-state index contributed by atoms with van der Waals surface area (Å²) in [5.41, 5.74) is 1.22. The summed E-state index contributed by atoms with van der Waals surface area (Å²) in [7, 11) is 5.56. The predicted octanol–water partition coefficient (Wildman–Crippen LogP) is 5.59. The topological polar surface area (TPSA) is 78.8 Å². The minimum atomic E-state index is -1.04. The Morgan fingerprint density at radius 2 is 1.85 bits per heavy atom.